The fourth-order valence-corrected chi connectivity index (χ4v) is 2.12. The molecule has 1 aliphatic rings. The van der Waals surface area contributed by atoms with Gasteiger partial charge < -0.3 is 10.2 Å². The lowest BCUT2D eigenvalue weighted by Crippen LogP contribution is -2.52. The number of aryl methyl sites for hydroxylation is 1. The first-order valence-corrected chi connectivity index (χ1v) is 5.87. The molecule has 3 nitrogen and oxygen atoms in total. The molecule has 17 heavy (non-hydrogen) atoms. The van der Waals surface area contributed by atoms with Gasteiger partial charge in [0, 0.05) is 31.2 Å². The van der Waals surface area contributed by atoms with Crippen LogP contribution in [0.2, 0.25) is 0 Å². The van der Waals surface area contributed by atoms with Crippen molar-refractivity contribution in [1.29, 1.82) is 0 Å². The number of nitrogens with zero attached hydrogens (tertiary/aromatic N) is 1. The Bertz CT molecular complexity index is 433. The maximum absolute atomic E-state index is 13.2. The molecule has 92 valence electrons. The molecule has 0 aromatic heterocycles. The van der Waals surface area contributed by atoms with Crippen molar-refractivity contribution in [2.45, 2.75) is 19.9 Å². The highest BCUT2D eigenvalue weighted by atomic mass is 19.1. The number of piperazine rings is 1. The summed E-state index contributed by atoms with van der Waals surface area (Å²) in [5.74, 6) is -0.433. The van der Waals surface area contributed by atoms with E-state index in [1.54, 1.807) is 11.0 Å². The monoisotopic (exact) mass is 236 g/mol. The molecule has 1 aromatic rings. The first-order chi connectivity index (χ1) is 8.09. The molecular weight excluding hydrogens is 219 g/mol. The van der Waals surface area contributed by atoms with Gasteiger partial charge >= 0.3 is 0 Å². The van der Waals surface area contributed by atoms with Crippen LogP contribution in [-0.2, 0) is 0 Å². The summed E-state index contributed by atoms with van der Waals surface area (Å²) in [5, 5.41) is 3.23. The van der Waals surface area contributed by atoms with E-state index in [0.717, 1.165) is 18.7 Å². The minimum absolute atomic E-state index is 0.0731. The zero-order chi connectivity index (χ0) is 12.4. The summed E-state index contributed by atoms with van der Waals surface area (Å²) in [6.45, 7) is 6.10. The van der Waals surface area contributed by atoms with Crippen molar-refractivity contribution in [2.24, 2.45) is 0 Å². The highest BCUT2D eigenvalue weighted by molar-refractivity contribution is 5.95. The van der Waals surface area contributed by atoms with Gasteiger partial charge in [-0.1, -0.05) is 6.07 Å². The number of nitrogens with one attached hydrogen (secondary N) is 1. The molecule has 0 spiro atoms. The van der Waals surface area contributed by atoms with Crippen molar-refractivity contribution in [3.8, 4) is 0 Å². The molecule has 0 bridgehead atoms. The standard InChI is InChI=1S/C13H17FN2O/c1-9-3-4-11(14)7-12(9)13(17)16-6-5-15-8-10(16)2/h3-4,7,10,15H,5-6,8H2,1-2H3. The van der Waals surface area contributed by atoms with Crippen molar-refractivity contribution in [3.05, 3.63) is 35.1 Å². The second kappa shape index (κ2) is 4.84. The van der Waals surface area contributed by atoms with Crippen LogP contribution in [-0.4, -0.2) is 36.5 Å². The van der Waals surface area contributed by atoms with E-state index >= 15 is 0 Å². The fourth-order valence-electron chi connectivity index (χ4n) is 2.12. The maximum atomic E-state index is 13.2. The second-order valence-corrected chi connectivity index (χ2v) is 4.51. The quantitative estimate of drug-likeness (QED) is 0.802. The van der Waals surface area contributed by atoms with Crippen LogP contribution in [0, 0.1) is 12.7 Å². The topological polar surface area (TPSA) is 32.3 Å². The predicted octanol–water partition coefficient (Wildman–Crippen LogP) is 1.57. The lowest BCUT2D eigenvalue weighted by molar-refractivity contribution is 0.0654. The molecule has 1 N–H and O–H groups in total. The molecule has 1 amide bonds. The number of benzene rings is 1. The molecule has 1 saturated heterocycles. The molecule has 0 radical (unpaired) electrons. The number of halogens is 1. The van der Waals surface area contributed by atoms with Crippen LogP contribution in [0.3, 0.4) is 0 Å². The molecule has 0 aliphatic carbocycles. The summed E-state index contributed by atoms with van der Waals surface area (Å²) >= 11 is 0. The molecule has 1 aliphatic heterocycles. The minimum atomic E-state index is -0.360. The van der Waals surface area contributed by atoms with Gasteiger partial charge in [-0.25, -0.2) is 4.39 Å². The summed E-state index contributed by atoms with van der Waals surface area (Å²) in [7, 11) is 0. The Morgan fingerprint density at radius 1 is 1.53 bits per heavy atom. The first kappa shape index (κ1) is 12.0. The average molecular weight is 236 g/mol. The van der Waals surface area contributed by atoms with Crippen molar-refractivity contribution in [3.63, 3.8) is 0 Å². The predicted molar refractivity (Wildman–Crippen MR) is 64.5 cm³/mol. The third kappa shape index (κ3) is 2.47. The van der Waals surface area contributed by atoms with Gasteiger partial charge in [-0.05, 0) is 31.5 Å². The number of amides is 1. The van der Waals surface area contributed by atoms with Gasteiger partial charge in [-0.3, -0.25) is 4.79 Å². The number of hydrogen-bond acceptors (Lipinski definition) is 2. The van der Waals surface area contributed by atoms with Crippen molar-refractivity contribution in [1.82, 2.24) is 10.2 Å². The Hall–Kier alpha value is -1.42. The summed E-state index contributed by atoms with van der Waals surface area (Å²) in [6, 6.07) is 4.51. The van der Waals surface area contributed by atoms with E-state index in [2.05, 4.69) is 5.32 Å². The zero-order valence-corrected chi connectivity index (χ0v) is 10.2. The van der Waals surface area contributed by atoms with E-state index in [9.17, 15) is 9.18 Å². The van der Waals surface area contributed by atoms with Crippen LogP contribution in [0.25, 0.3) is 0 Å². The fraction of sp³-hybridized carbons (Fsp3) is 0.462. The van der Waals surface area contributed by atoms with Gasteiger partial charge in [0.2, 0.25) is 0 Å². The minimum Gasteiger partial charge on any atom is -0.333 e. The normalized spacial score (nSPS) is 20.4. The van der Waals surface area contributed by atoms with E-state index in [1.807, 2.05) is 13.8 Å². The third-order valence-corrected chi connectivity index (χ3v) is 3.19. The molecule has 1 atom stereocenters. The van der Waals surface area contributed by atoms with Crippen LogP contribution in [0.1, 0.15) is 22.8 Å². The van der Waals surface area contributed by atoms with Crippen molar-refractivity contribution >= 4 is 5.91 Å². The Morgan fingerprint density at radius 2 is 2.29 bits per heavy atom. The Balaban J connectivity index is 2.26. The summed E-state index contributed by atoms with van der Waals surface area (Å²) < 4.78 is 13.2. The number of carbonyl (C=O) groups excluding carboxylic acids is 1. The molecule has 1 aromatic carbocycles. The maximum Gasteiger partial charge on any atom is 0.254 e. The van der Waals surface area contributed by atoms with Crippen molar-refractivity contribution in [2.75, 3.05) is 19.6 Å². The van der Waals surface area contributed by atoms with E-state index in [4.69, 9.17) is 0 Å². The van der Waals surface area contributed by atoms with E-state index in [-0.39, 0.29) is 17.8 Å². The van der Waals surface area contributed by atoms with E-state index in [0.29, 0.717) is 12.1 Å². The van der Waals surface area contributed by atoms with E-state index < -0.39 is 0 Å². The molecule has 0 saturated carbocycles. The highest BCUT2D eigenvalue weighted by Gasteiger charge is 2.25. The van der Waals surface area contributed by atoms with Gasteiger partial charge in [0.25, 0.3) is 5.91 Å². The van der Waals surface area contributed by atoms with Gasteiger partial charge in [0.05, 0.1) is 0 Å². The van der Waals surface area contributed by atoms with Gasteiger partial charge in [0.15, 0.2) is 0 Å². The SMILES string of the molecule is Cc1ccc(F)cc1C(=O)N1CCNCC1C. The van der Waals surface area contributed by atoms with Crippen LogP contribution < -0.4 is 5.32 Å². The molecule has 1 heterocycles. The molecular formula is C13H17FN2O. The lowest BCUT2D eigenvalue weighted by Gasteiger charge is -2.34. The summed E-state index contributed by atoms with van der Waals surface area (Å²) in [5.41, 5.74) is 1.29. The van der Waals surface area contributed by atoms with Crippen LogP contribution in [0.5, 0.6) is 0 Å². The lowest BCUT2D eigenvalue weighted by atomic mass is 10.1. The van der Waals surface area contributed by atoms with Gasteiger partial charge in [-0.15, -0.1) is 0 Å². The van der Waals surface area contributed by atoms with Crippen LogP contribution in [0.4, 0.5) is 4.39 Å². The number of carbonyl (C=O) groups is 1. The average Bonchev–Trinajstić information content (AvgIpc) is 2.32. The number of rotatable bonds is 1. The first-order valence-electron chi connectivity index (χ1n) is 5.87. The zero-order valence-electron chi connectivity index (χ0n) is 10.2. The Labute approximate surface area is 101 Å². The van der Waals surface area contributed by atoms with Gasteiger partial charge in [-0.2, -0.15) is 0 Å². The smallest absolute Gasteiger partial charge is 0.254 e. The summed E-state index contributed by atoms with van der Waals surface area (Å²) in [4.78, 5) is 14.1. The Kier molecular flexibility index (Phi) is 3.43. The highest BCUT2D eigenvalue weighted by Crippen LogP contribution is 2.15. The largest absolute Gasteiger partial charge is 0.333 e. The number of hydrogen-bond donors (Lipinski definition) is 1. The van der Waals surface area contributed by atoms with Crippen molar-refractivity contribution < 1.29 is 9.18 Å². The van der Waals surface area contributed by atoms with Crippen LogP contribution in [0.15, 0.2) is 18.2 Å². The third-order valence-electron chi connectivity index (χ3n) is 3.19. The molecule has 1 unspecified atom stereocenters. The molecule has 2 rings (SSSR count). The van der Waals surface area contributed by atoms with Crippen LogP contribution >= 0.6 is 0 Å². The Morgan fingerprint density at radius 3 is 3.00 bits per heavy atom. The second-order valence-electron chi connectivity index (χ2n) is 4.51. The molecule has 4 heteroatoms. The summed E-state index contributed by atoms with van der Waals surface area (Å²) in [6.07, 6.45) is 0. The molecule has 1 fully saturated rings. The van der Waals surface area contributed by atoms with E-state index in [1.165, 1.54) is 12.1 Å². The van der Waals surface area contributed by atoms with Gasteiger partial charge in [0.1, 0.15) is 5.82 Å².